The number of aryl methyl sites for hydroxylation is 2. The van der Waals surface area contributed by atoms with Crippen LogP contribution in [0.4, 0.5) is 11.4 Å². The van der Waals surface area contributed by atoms with Crippen molar-refractivity contribution in [2.75, 3.05) is 17.1 Å². The number of anilines is 2. The fourth-order valence-corrected chi connectivity index (χ4v) is 3.79. The average molecular weight is 410 g/mol. The van der Waals surface area contributed by atoms with Crippen LogP contribution in [-0.4, -0.2) is 21.4 Å². The van der Waals surface area contributed by atoms with Crippen molar-refractivity contribution in [3.8, 4) is 5.75 Å². The van der Waals surface area contributed by atoms with E-state index in [0.717, 1.165) is 11.1 Å². The van der Waals surface area contributed by atoms with Gasteiger partial charge in [0.25, 0.3) is 15.9 Å². The van der Waals surface area contributed by atoms with E-state index in [1.54, 1.807) is 24.3 Å². The Kier molecular flexibility index (Phi) is 5.89. The van der Waals surface area contributed by atoms with Gasteiger partial charge in [-0.15, -0.1) is 0 Å². The van der Waals surface area contributed by atoms with Crippen molar-refractivity contribution >= 4 is 27.3 Å². The molecule has 1 amide bonds. The van der Waals surface area contributed by atoms with E-state index < -0.39 is 15.9 Å². The first-order valence-corrected chi connectivity index (χ1v) is 10.4. The number of hydrogen-bond donors (Lipinski definition) is 2. The summed E-state index contributed by atoms with van der Waals surface area (Å²) in [6.07, 6.45) is 0. The van der Waals surface area contributed by atoms with Crippen LogP contribution in [0.15, 0.2) is 71.6 Å². The van der Waals surface area contributed by atoms with Crippen molar-refractivity contribution in [3.63, 3.8) is 0 Å². The van der Waals surface area contributed by atoms with E-state index in [0.29, 0.717) is 11.4 Å². The van der Waals surface area contributed by atoms with Gasteiger partial charge in [0.05, 0.1) is 17.6 Å². The third-order valence-corrected chi connectivity index (χ3v) is 5.72. The molecule has 0 aliphatic carbocycles. The number of nitrogens with one attached hydrogen (secondary N) is 2. The molecule has 0 spiro atoms. The van der Waals surface area contributed by atoms with Crippen LogP contribution >= 0.6 is 0 Å². The van der Waals surface area contributed by atoms with Crippen LogP contribution < -0.4 is 14.8 Å². The van der Waals surface area contributed by atoms with Crippen LogP contribution in [0.2, 0.25) is 0 Å². The number of carbonyl (C=O) groups excluding carboxylic acids is 1. The maximum absolute atomic E-state index is 12.8. The summed E-state index contributed by atoms with van der Waals surface area (Å²) in [5.74, 6) is -0.179. The minimum atomic E-state index is -3.87. The summed E-state index contributed by atoms with van der Waals surface area (Å²) in [6.45, 7) is 3.87. The Bertz CT molecular complexity index is 1120. The van der Waals surface area contributed by atoms with Crippen molar-refractivity contribution in [1.82, 2.24) is 0 Å². The number of rotatable bonds is 6. The molecule has 0 saturated heterocycles. The van der Waals surface area contributed by atoms with E-state index >= 15 is 0 Å². The van der Waals surface area contributed by atoms with Gasteiger partial charge in [0.2, 0.25) is 0 Å². The van der Waals surface area contributed by atoms with Gasteiger partial charge in [-0.3, -0.25) is 9.52 Å². The zero-order valence-electron chi connectivity index (χ0n) is 16.4. The molecule has 150 valence electrons. The second-order valence-corrected chi connectivity index (χ2v) is 8.34. The number of amides is 1. The number of hydrogen-bond acceptors (Lipinski definition) is 4. The van der Waals surface area contributed by atoms with Crippen LogP contribution in [0.1, 0.15) is 21.5 Å². The summed E-state index contributed by atoms with van der Waals surface area (Å²) in [7, 11) is -2.44. The highest BCUT2D eigenvalue weighted by Crippen LogP contribution is 2.25. The first kappa shape index (κ1) is 20.4. The zero-order valence-corrected chi connectivity index (χ0v) is 17.2. The predicted octanol–water partition coefficient (Wildman–Crippen LogP) is 4.37. The second kappa shape index (κ2) is 8.36. The molecule has 3 aromatic rings. The molecule has 3 rings (SSSR count). The second-order valence-electron chi connectivity index (χ2n) is 6.65. The summed E-state index contributed by atoms with van der Waals surface area (Å²) in [5.41, 5.74) is 3.26. The van der Waals surface area contributed by atoms with E-state index in [9.17, 15) is 13.2 Å². The fraction of sp³-hybridized carbons (Fsp3) is 0.136. The SMILES string of the molecule is COc1ccc(S(=O)(=O)Nc2ccc(C)cc2)cc1C(=O)Nc1ccc(C)cc1. The molecule has 0 unspecified atom stereocenters. The van der Waals surface area contributed by atoms with E-state index in [4.69, 9.17) is 4.74 Å². The number of carbonyl (C=O) groups is 1. The Morgan fingerprint density at radius 3 is 1.93 bits per heavy atom. The Morgan fingerprint density at radius 1 is 0.828 bits per heavy atom. The molecular weight excluding hydrogens is 388 g/mol. The van der Waals surface area contributed by atoms with Gasteiger partial charge in [0, 0.05) is 11.4 Å². The van der Waals surface area contributed by atoms with Gasteiger partial charge < -0.3 is 10.1 Å². The Hall–Kier alpha value is -3.32. The summed E-state index contributed by atoms with van der Waals surface area (Å²) >= 11 is 0. The molecule has 0 aliphatic heterocycles. The van der Waals surface area contributed by atoms with Gasteiger partial charge in [0.1, 0.15) is 5.75 Å². The van der Waals surface area contributed by atoms with Crippen LogP contribution in [0.3, 0.4) is 0 Å². The lowest BCUT2D eigenvalue weighted by molar-refractivity contribution is 0.102. The van der Waals surface area contributed by atoms with Gasteiger partial charge in [-0.2, -0.15) is 0 Å². The molecule has 7 heteroatoms. The maximum Gasteiger partial charge on any atom is 0.261 e. The number of sulfonamides is 1. The molecule has 6 nitrogen and oxygen atoms in total. The van der Waals surface area contributed by atoms with Gasteiger partial charge in [-0.1, -0.05) is 35.4 Å². The van der Waals surface area contributed by atoms with Crippen LogP contribution in [0.5, 0.6) is 5.75 Å². The molecule has 0 bridgehead atoms. The fourth-order valence-electron chi connectivity index (χ4n) is 2.70. The molecule has 29 heavy (non-hydrogen) atoms. The van der Waals surface area contributed by atoms with E-state index in [-0.39, 0.29) is 16.2 Å². The molecule has 0 radical (unpaired) electrons. The summed E-state index contributed by atoms with van der Waals surface area (Å²) in [6, 6.07) is 18.5. The third kappa shape index (κ3) is 4.94. The highest BCUT2D eigenvalue weighted by atomic mass is 32.2. The molecule has 0 atom stereocenters. The molecule has 2 N–H and O–H groups in total. The summed E-state index contributed by atoms with van der Waals surface area (Å²) < 4.78 is 33.3. The largest absolute Gasteiger partial charge is 0.496 e. The molecule has 0 fully saturated rings. The number of ether oxygens (including phenoxy) is 1. The average Bonchev–Trinajstić information content (AvgIpc) is 2.70. The Morgan fingerprint density at radius 2 is 1.38 bits per heavy atom. The zero-order chi connectivity index (χ0) is 21.0. The number of benzene rings is 3. The Labute approximate surface area is 170 Å². The molecule has 0 aromatic heterocycles. The monoisotopic (exact) mass is 410 g/mol. The van der Waals surface area contributed by atoms with Gasteiger partial charge in [-0.25, -0.2) is 8.42 Å². The third-order valence-electron chi connectivity index (χ3n) is 4.34. The van der Waals surface area contributed by atoms with E-state index in [2.05, 4.69) is 10.0 Å². The first-order chi connectivity index (χ1) is 13.8. The van der Waals surface area contributed by atoms with Crippen LogP contribution in [0.25, 0.3) is 0 Å². The Balaban J connectivity index is 1.90. The minimum absolute atomic E-state index is 0.0343. The topological polar surface area (TPSA) is 84.5 Å². The molecule has 0 aliphatic rings. The summed E-state index contributed by atoms with van der Waals surface area (Å²) in [5, 5.41) is 2.76. The maximum atomic E-state index is 12.8. The van der Waals surface area contributed by atoms with Crippen LogP contribution in [0, 0.1) is 13.8 Å². The lowest BCUT2D eigenvalue weighted by atomic mass is 10.1. The normalized spacial score (nSPS) is 11.0. The van der Waals surface area contributed by atoms with Gasteiger partial charge in [-0.05, 0) is 56.3 Å². The molecule has 0 saturated carbocycles. The molecular formula is C22H22N2O4S. The van der Waals surface area contributed by atoms with Crippen molar-refractivity contribution in [1.29, 1.82) is 0 Å². The van der Waals surface area contributed by atoms with Crippen molar-refractivity contribution in [3.05, 3.63) is 83.4 Å². The first-order valence-electron chi connectivity index (χ1n) is 8.94. The van der Waals surface area contributed by atoms with E-state index in [1.807, 2.05) is 38.1 Å². The lowest BCUT2D eigenvalue weighted by Gasteiger charge is -2.13. The van der Waals surface area contributed by atoms with Crippen molar-refractivity contribution in [2.45, 2.75) is 18.7 Å². The van der Waals surface area contributed by atoms with Gasteiger partial charge >= 0.3 is 0 Å². The quantitative estimate of drug-likeness (QED) is 0.632. The highest BCUT2D eigenvalue weighted by molar-refractivity contribution is 7.92. The molecule has 0 heterocycles. The van der Waals surface area contributed by atoms with E-state index in [1.165, 1.54) is 25.3 Å². The van der Waals surface area contributed by atoms with Crippen LogP contribution in [-0.2, 0) is 10.0 Å². The highest BCUT2D eigenvalue weighted by Gasteiger charge is 2.20. The smallest absolute Gasteiger partial charge is 0.261 e. The predicted molar refractivity (Wildman–Crippen MR) is 114 cm³/mol. The lowest BCUT2D eigenvalue weighted by Crippen LogP contribution is -2.17. The molecule has 3 aromatic carbocycles. The van der Waals surface area contributed by atoms with Crippen molar-refractivity contribution in [2.24, 2.45) is 0 Å². The summed E-state index contributed by atoms with van der Waals surface area (Å²) in [4.78, 5) is 12.7. The van der Waals surface area contributed by atoms with Crippen molar-refractivity contribution < 1.29 is 17.9 Å². The van der Waals surface area contributed by atoms with Gasteiger partial charge in [0.15, 0.2) is 0 Å². The number of methoxy groups -OCH3 is 1. The standard InChI is InChI=1S/C22H22N2O4S/c1-15-4-8-17(9-5-15)23-22(25)20-14-19(12-13-21(20)28-3)29(26,27)24-18-10-6-16(2)7-11-18/h4-14,24H,1-3H3,(H,23,25). The minimum Gasteiger partial charge on any atom is -0.496 e.